The second kappa shape index (κ2) is 55.4. The Labute approximate surface area is 414 Å². The molecule has 0 heterocycles. The lowest BCUT2D eigenvalue weighted by Crippen LogP contribution is -2.30. The Morgan fingerprint density at radius 1 is 0.299 bits per heavy atom. The average Bonchev–Trinajstić information content (AvgIpc) is 3.33. The van der Waals surface area contributed by atoms with Gasteiger partial charge < -0.3 is 14.2 Å². The molecule has 386 valence electrons. The van der Waals surface area contributed by atoms with Crippen LogP contribution >= 0.6 is 0 Å². The number of esters is 3. The van der Waals surface area contributed by atoms with Crippen molar-refractivity contribution < 1.29 is 28.6 Å². The van der Waals surface area contributed by atoms with Crippen LogP contribution in [0.5, 0.6) is 0 Å². The van der Waals surface area contributed by atoms with Crippen molar-refractivity contribution in [2.75, 3.05) is 13.2 Å². The average molecular weight is 936 g/mol. The molecule has 0 fully saturated rings. The van der Waals surface area contributed by atoms with Gasteiger partial charge in [0, 0.05) is 19.3 Å². The zero-order valence-corrected chi connectivity index (χ0v) is 44.2. The van der Waals surface area contributed by atoms with Gasteiger partial charge in [-0.05, 0) is 83.5 Å². The van der Waals surface area contributed by atoms with E-state index in [2.05, 4.69) is 87.6 Å². The number of ether oxygens (including phenoxy) is 3. The van der Waals surface area contributed by atoms with Crippen LogP contribution in [0.3, 0.4) is 0 Å². The first-order valence-corrected chi connectivity index (χ1v) is 28.4. The van der Waals surface area contributed by atoms with Crippen LogP contribution in [0, 0.1) is 0 Å². The minimum atomic E-state index is -0.805. The molecule has 0 spiro atoms. The molecule has 0 bridgehead atoms. The largest absolute Gasteiger partial charge is 0.462 e. The number of rotatable bonds is 51. The Morgan fingerprint density at radius 2 is 0.567 bits per heavy atom. The highest BCUT2D eigenvalue weighted by Gasteiger charge is 2.19. The van der Waals surface area contributed by atoms with E-state index in [1.54, 1.807) is 0 Å². The molecule has 6 heteroatoms. The van der Waals surface area contributed by atoms with Crippen molar-refractivity contribution >= 4 is 17.9 Å². The third-order valence-electron chi connectivity index (χ3n) is 12.2. The summed E-state index contributed by atoms with van der Waals surface area (Å²) < 4.78 is 16.8. The maximum absolute atomic E-state index is 12.8. The van der Waals surface area contributed by atoms with Crippen molar-refractivity contribution in [3.8, 4) is 0 Å². The number of unbranched alkanes of at least 4 members (excludes halogenated alkanes) is 28. The lowest BCUT2D eigenvalue weighted by Gasteiger charge is -2.18. The third kappa shape index (κ3) is 53.7. The van der Waals surface area contributed by atoms with Crippen LogP contribution < -0.4 is 0 Å². The molecule has 0 aliphatic heterocycles. The summed E-state index contributed by atoms with van der Waals surface area (Å²) in [6, 6.07) is 0. The molecule has 0 saturated heterocycles. The van der Waals surface area contributed by atoms with Gasteiger partial charge in [0.15, 0.2) is 6.10 Å². The molecular formula is C61H106O6. The highest BCUT2D eigenvalue weighted by atomic mass is 16.6. The zero-order valence-electron chi connectivity index (χ0n) is 44.2. The van der Waals surface area contributed by atoms with Gasteiger partial charge in [-0.15, -0.1) is 0 Å². The summed E-state index contributed by atoms with van der Waals surface area (Å²) in [7, 11) is 0. The summed E-state index contributed by atoms with van der Waals surface area (Å²) in [6.07, 6.45) is 70.4. The Balaban J connectivity index is 4.48. The van der Waals surface area contributed by atoms with Gasteiger partial charge in [0.2, 0.25) is 0 Å². The first kappa shape index (κ1) is 63.8. The number of carbonyl (C=O) groups excluding carboxylic acids is 3. The number of hydrogen-bond donors (Lipinski definition) is 0. The predicted octanol–water partition coefficient (Wildman–Crippen LogP) is 19.0. The lowest BCUT2D eigenvalue weighted by atomic mass is 10.0. The van der Waals surface area contributed by atoms with Gasteiger partial charge in [0.25, 0.3) is 0 Å². The van der Waals surface area contributed by atoms with Gasteiger partial charge in [0.1, 0.15) is 13.2 Å². The molecule has 6 nitrogen and oxygen atoms in total. The monoisotopic (exact) mass is 935 g/mol. The summed E-state index contributed by atoms with van der Waals surface area (Å²) in [5.41, 5.74) is 0. The quantitative estimate of drug-likeness (QED) is 0.0262. The molecule has 0 aliphatic carbocycles. The van der Waals surface area contributed by atoms with Crippen LogP contribution in [0.2, 0.25) is 0 Å². The first-order valence-electron chi connectivity index (χ1n) is 28.4. The highest BCUT2D eigenvalue weighted by Crippen LogP contribution is 2.15. The van der Waals surface area contributed by atoms with Crippen LogP contribution in [0.1, 0.15) is 278 Å². The first-order chi connectivity index (χ1) is 33.0. The molecule has 1 atom stereocenters. The number of allylic oxidation sites excluding steroid dienone is 12. The van der Waals surface area contributed by atoms with E-state index in [0.717, 1.165) is 64.2 Å². The van der Waals surface area contributed by atoms with Crippen LogP contribution in [0.25, 0.3) is 0 Å². The smallest absolute Gasteiger partial charge is 0.306 e. The van der Waals surface area contributed by atoms with Crippen LogP contribution in [0.4, 0.5) is 0 Å². The Bertz CT molecular complexity index is 1260. The van der Waals surface area contributed by atoms with Gasteiger partial charge in [-0.3, -0.25) is 14.4 Å². The van der Waals surface area contributed by atoms with E-state index in [0.29, 0.717) is 19.3 Å². The summed E-state index contributed by atoms with van der Waals surface area (Å²) in [4.78, 5) is 38.1. The molecule has 0 amide bonds. The normalized spacial score (nSPS) is 12.6. The number of carbonyl (C=O) groups is 3. The molecule has 0 aromatic carbocycles. The van der Waals surface area contributed by atoms with E-state index in [9.17, 15) is 14.4 Å². The molecule has 0 aromatic rings. The summed E-state index contributed by atoms with van der Waals surface area (Å²) in [6.45, 7) is 6.55. The van der Waals surface area contributed by atoms with Crippen molar-refractivity contribution in [2.45, 2.75) is 284 Å². The summed E-state index contributed by atoms with van der Waals surface area (Å²) in [5.74, 6) is -0.980. The molecular weight excluding hydrogens is 829 g/mol. The predicted molar refractivity (Wildman–Crippen MR) is 288 cm³/mol. The lowest BCUT2D eigenvalue weighted by molar-refractivity contribution is -0.166. The Morgan fingerprint density at radius 3 is 0.985 bits per heavy atom. The zero-order chi connectivity index (χ0) is 48.6. The minimum Gasteiger partial charge on any atom is -0.462 e. The van der Waals surface area contributed by atoms with Gasteiger partial charge in [-0.2, -0.15) is 0 Å². The minimum absolute atomic E-state index is 0.0983. The molecule has 0 rings (SSSR count). The van der Waals surface area contributed by atoms with Gasteiger partial charge in [0.05, 0.1) is 0 Å². The fraction of sp³-hybridized carbons (Fsp3) is 0.754. The fourth-order valence-electron chi connectivity index (χ4n) is 7.89. The topological polar surface area (TPSA) is 78.9 Å². The van der Waals surface area contributed by atoms with Crippen LogP contribution in [-0.2, 0) is 28.6 Å². The van der Waals surface area contributed by atoms with Crippen molar-refractivity contribution in [3.63, 3.8) is 0 Å². The molecule has 0 aromatic heterocycles. The van der Waals surface area contributed by atoms with Crippen molar-refractivity contribution in [1.82, 2.24) is 0 Å². The summed E-state index contributed by atoms with van der Waals surface area (Å²) in [5, 5.41) is 0. The second-order valence-electron chi connectivity index (χ2n) is 18.8. The molecule has 0 radical (unpaired) electrons. The number of hydrogen-bond acceptors (Lipinski definition) is 6. The SMILES string of the molecule is CCCCC/C=C\C/C=C\C/C=C\C/C=C\C/C=C\CCC(=O)OC[C@H](COC(=O)CCCCCCCCC/C=C\CCCCCC)OC(=O)CCCCCCCCCCCCCCCCC. The Kier molecular flexibility index (Phi) is 52.8. The van der Waals surface area contributed by atoms with Crippen molar-refractivity contribution in [3.05, 3.63) is 72.9 Å². The van der Waals surface area contributed by atoms with Crippen LogP contribution in [0.15, 0.2) is 72.9 Å². The van der Waals surface area contributed by atoms with E-state index in [-0.39, 0.29) is 37.5 Å². The maximum atomic E-state index is 12.8. The van der Waals surface area contributed by atoms with E-state index < -0.39 is 6.10 Å². The molecule has 0 saturated carbocycles. The van der Waals surface area contributed by atoms with E-state index >= 15 is 0 Å². The van der Waals surface area contributed by atoms with Gasteiger partial charge in [-0.25, -0.2) is 0 Å². The molecule has 0 N–H and O–H groups in total. The second-order valence-corrected chi connectivity index (χ2v) is 18.8. The Hall–Kier alpha value is -3.15. The standard InChI is InChI=1S/C61H106O6/c1-4-7-10-13-16-19-22-25-28-29-30-31-34-36-39-42-45-48-51-54-60(63)66-57-58(67-61(64)55-52-49-46-43-40-37-33-27-24-21-18-15-12-9-6-3)56-65-59(62)53-50-47-44-41-38-35-32-26-23-20-17-14-11-8-5-2/h16,19-20,23,25,28,30-31,36,39,45,48,58H,4-15,17-18,21-22,24,26-27,29,32-35,37-38,40-44,46-47,49-57H2,1-3H3/b19-16-,23-20-,28-25-,31-30-,39-36-,48-45-/t58-/m0/s1. The van der Waals surface area contributed by atoms with Gasteiger partial charge >= 0.3 is 17.9 Å². The molecule has 0 aliphatic rings. The highest BCUT2D eigenvalue weighted by molar-refractivity contribution is 5.71. The van der Waals surface area contributed by atoms with E-state index in [1.165, 1.54) is 167 Å². The van der Waals surface area contributed by atoms with Crippen LogP contribution in [-0.4, -0.2) is 37.2 Å². The summed E-state index contributed by atoms with van der Waals surface area (Å²) >= 11 is 0. The third-order valence-corrected chi connectivity index (χ3v) is 12.2. The maximum Gasteiger partial charge on any atom is 0.306 e. The molecule has 67 heavy (non-hydrogen) atoms. The fourth-order valence-corrected chi connectivity index (χ4v) is 7.89. The van der Waals surface area contributed by atoms with Crippen molar-refractivity contribution in [2.24, 2.45) is 0 Å². The molecule has 0 unspecified atom stereocenters. The van der Waals surface area contributed by atoms with E-state index in [4.69, 9.17) is 14.2 Å². The van der Waals surface area contributed by atoms with Crippen molar-refractivity contribution in [1.29, 1.82) is 0 Å². The van der Waals surface area contributed by atoms with Gasteiger partial charge in [-0.1, -0.05) is 248 Å². The van der Waals surface area contributed by atoms with E-state index in [1.807, 2.05) is 6.08 Å².